The SMILES string of the molecule is O=C1Cc2ccc(Cl)c(F)c2C1. The quantitative estimate of drug-likeness (QED) is 0.604. The molecule has 0 atom stereocenters. The first-order chi connectivity index (χ1) is 5.68. The average molecular weight is 185 g/mol. The smallest absolute Gasteiger partial charge is 0.145 e. The number of rotatable bonds is 0. The molecule has 0 spiro atoms. The summed E-state index contributed by atoms with van der Waals surface area (Å²) in [6.45, 7) is 0. The van der Waals surface area contributed by atoms with Gasteiger partial charge in [-0.3, -0.25) is 4.79 Å². The van der Waals surface area contributed by atoms with E-state index in [2.05, 4.69) is 0 Å². The van der Waals surface area contributed by atoms with E-state index >= 15 is 0 Å². The van der Waals surface area contributed by atoms with Gasteiger partial charge < -0.3 is 0 Å². The normalized spacial score (nSPS) is 15.0. The predicted molar refractivity (Wildman–Crippen MR) is 43.8 cm³/mol. The Bertz CT molecular complexity index is 360. The van der Waals surface area contributed by atoms with Crippen molar-refractivity contribution < 1.29 is 9.18 Å². The van der Waals surface area contributed by atoms with Crippen LogP contribution in [0.3, 0.4) is 0 Å². The lowest BCUT2D eigenvalue weighted by molar-refractivity contribution is -0.117. The lowest BCUT2D eigenvalue weighted by Gasteiger charge is -2.00. The summed E-state index contributed by atoms with van der Waals surface area (Å²) in [6.07, 6.45) is 0.547. The minimum Gasteiger partial charge on any atom is -0.299 e. The van der Waals surface area contributed by atoms with Gasteiger partial charge >= 0.3 is 0 Å². The largest absolute Gasteiger partial charge is 0.299 e. The maximum atomic E-state index is 13.2. The van der Waals surface area contributed by atoms with E-state index in [4.69, 9.17) is 11.6 Å². The van der Waals surface area contributed by atoms with E-state index in [-0.39, 0.29) is 17.2 Å². The van der Waals surface area contributed by atoms with Crippen LogP contribution in [0.15, 0.2) is 12.1 Å². The summed E-state index contributed by atoms with van der Waals surface area (Å²) in [5.74, 6) is -0.369. The molecule has 0 radical (unpaired) electrons. The zero-order valence-corrected chi connectivity index (χ0v) is 6.99. The zero-order valence-electron chi connectivity index (χ0n) is 6.23. The van der Waals surface area contributed by atoms with Gasteiger partial charge in [0.25, 0.3) is 0 Å². The molecule has 0 unspecified atom stereocenters. The summed E-state index contributed by atoms with van der Waals surface area (Å²) in [4.78, 5) is 11.0. The molecule has 1 aliphatic carbocycles. The van der Waals surface area contributed by atoms with E-state index in [1.807, 2.05) is 0 Å². The second-order valence-corrected chi connectivity index (χ2v) is 3.30. The number of carbonyl (C=O) groups excluding carboxylic acids is 1. The number of halogens is 2. The Morgan fingerprint density at radius 1 is 1.33 bits per heavy atom. The molecular weight excluding hydrogens is 179 g/mol. The van der Waals surface area contributed by atoms with Crippen molar-refractivity contribution in [3.05, 3.63) is 34.1 Å². The topological polar surface area (TPSA) is 17.1 Å². The van der Waals surface area contributed by atoms with Gasteiger partial charge in [-0.05, 0) is 11.6 Å². The number of carbonyl (C=O) groups is 1. The molecule has 62 valence electrons. The highest BCUT2D eigenvalue weighted by molar-refractivity contribution is 6.30. The molecule has 0 saturated carbocycles. The standard InChI is InChI=1S/C9H6ClFO/c10-8-2-1-5-3-6(12)4-7(5)9(8)11/h1-2H,3-4H2. The lowest BCUT2D eigenvalue weighted by Crippen LogP contribution is -1.93. The second kappa shape index (κ2) is 2.56. The minimum atomic E-state index is -0.431. The van der Waals surface area contributed by atoms with Crippen LogP contribution in [-0.4, -0.2) is 5.78 Å². The Balaban J connectivity index is 2.61. The molecule has 2 rings (SSSR count). The maximum absolute atomic E-state index is 13.2. The van der Waals surface area contributed by atoms with Gasteiger partial charge in [0.05, 0.1) is 5.02 Å². The van der Waals surface area contributed by atoms with Gasteiger partial charge in [0.2, 0.25) is 0 Å². The third-order valence-corrected chi connectivity index (χ3v) is 2.35. The van der Waals surface area contributed by atoms with Crippen molar-refractivity contribution in [2.45, 2.75) is 12.8 Å². The van der Waals surface area contributed by atoms with Crippen LogP contribution < -0.4 is 0 Å². The van der Waals surface area contributed by atoms with Crippen LogP contribution in [0.5, 0.6) is 0 Å². The van der Waals surface area contributed by atoms with Crippen molar-refractivity contribution in [2.24, 2.45) is 0 Å². The Labute approximate surface area is 74.2 Å². The van der Waals surface area contributed by atoms with Crippen LogP contribution in [0.4, 0.5) is 4.39 Å². The number of hydrogen-bond acceptors (Lipinski definition) is 1. The van der Waals surface area contributed by atoms with Crippen LogP contribution in [0.2, 0.25) is 5.02 Å². The van der Waals surface area contributed by atoms with Gasteiger partial charge in [0, 0.05) is 18.4 Å². The Hall–Kier alpha value is -0.890. The van der Waals surface area contributed by atoms with Crippen molar-refractivity contribution in [2.75, 3.05) is 0 Å². The molecule has 0 amide bonds. The molecule has 0 bridgehead atoms. The summed E-state index contributed by atoms with van der Waals surface area (Å²) in [5, 5.41) is 0.100. The van der Waals surface area contributed by atoms with Crippen LogP contribution >= 0.6 is 11.6 Å². The van der Waals surface area contributed by atoms with Gasteiger partial charge in [-0.15, -0.1) is 0 Å². The van der Waals surface area contributed by atoms with E-state index in [1.165, 1.54) is 6.07 Å². The molecule has 1 aromatic rings. The van der Waals surface area contributed by atoms with Gasteiger partial charge in [-0.25, -0.2) is 4.39 Å². The van der Waals surface area contributed by atoms with E-state index in [0.29, 0.717) is 12.0 Å². The summed E-state index contributed by atoms with van der Waals surface area (Å²) < 4.78 is 13.2. The Morgan fingerprint density at radius 3 is 2.83 bits per heavy atom. The van der Waals surface area contributed by atoms with Gasteiger partial charge in [0.1, 0.15) is 11.6 Å². The van der Waals surface area contributed by atoms with Crippen molar-refractivity contribution in [1.29, 1.82) is 0 Å². The third kappa shape index (κ3) is 1.03. The van der Waals surface area contributed by atoms with Crippen LogP contribution in [0.25, 0.3) is 0 Å². The zero-order chi connectivity index (χ0) is 8.72. The van der Waals surface area contributed by atoms with Crippen molar-refractivity contribution in [1.82, 2.24) is 0 Å². The Morgan fingerprint density at radius 2 is 2.08 bits per heavy atom. The monoisotopic (exact) mass is 184 g/mol. The molecule has 1 aliphatic rings. The molecule has 3 heteroatoms. The summed E-state index contributed by atoms with van der Waals surface area (Å²) in [5.41, 5.74) is 1.26. The van der Waals surface area contributed by atoms with Crippen LogP contribution in [-0.2, 0) is 17.6 Å². The maximum Gasteiger partial charge on any atom is 0.145 e. The molecule has 0 saturated heterocycles. The fraction of sp³-hybridized carbons (Fsp3) is 0.222. The van der Waals surface area contributed by atoms with E-state index < -0.39 is 5.82 Å². The molecule has 1 nitrogen and oxygen atoms in total. The van der Waals surface area contributed by atoms with Crippen molar-refractivity contribution in [3.8, 4) is 0 Å². The number of Topliss-reactive ketones (excluding diaryl/α,β-unsaturated/α-hetero) is 1. The van der Waals surface area contributed by atoms with Crippen LogP contribution in [0.1, 0.15) is 11.1 Å². The lowest BCUT2D eigenvalue weighted by atomic mass is 10.1. The average Bonchev–Trinajstić information content (AvgIpc) is 2.39. The van der Waals surface area contributed by atoms with Gasteiger partial charge in [0.15, 0.2) is 0 Å². The van der Waals surface area contributed by atoms with Crippen LogP contribution in [0, 0.1) is 5.82 Å². The fourth-order valence-corrected chi connectivity index (χ4v) is 1.64. The summed E-state index contributed by atoms with van der Waals surface area (Å²) >= 11 is 5.55. The Kier molecular flexibility index (Phi) is 1.65. The van der Waals surface area contributed by atoms with Gasteiger partial charge in [-0.1, -0.05) is 17.7 Å². The number of hydrogen-bond donors (Lipinski definition) is 0. The molecule has 0 aliphatic heterocycles. The second-order valence-electron chi connectivity index (χ2n) is 2.89. The van der Waals surface area contributed by atoms with Crippen molar-refractivity contribution >= 4 is 17.4 Å². The predicted octanol–water partition coefficient (Wildman–Crippen LogP) is 2.15. The molecular formula is C9H6ClFO. The first kappa shape index (κ1) is 7.74. The fourth-order valence-electron chi connectivity index (χ4n) is 1.46. The minimum absolute atomic E-state index is 0.0613. The molecule has 12 heavy (non-hydrogen) atoms. The van der Waals surface area contributed by atoms with Crippen molar-refractivity contribution in [3.63, 3.8) is 0 Å². The first-order valence-corrected chi connectivity index (χ1v) is 4.03. The summed E-state index contributed by atoms with van der Waals surface area (Å²) in [6, 6.07) is 3.21. The number of fused-ring (bicyclic) bond motifs is 1. The van der Waals surface area contributed by atoms with Gasteiger partial charge in [-0.2, -0.15) is 0 Å². The highest BCUT2D eigenvalue weighted by Gasteiger charge is 2.22. The van der Waals surface area contributed by atoms with E-state index in [0.717, 1.165) is 5.56 Å². The first-order valence-electron chi connectivity index (χ1n) is 3.66. The highest BCUT2D eigenvalue weighted by atomic mass is 35.5. The third-order valence-electron chi connectivity index (χ3n) is 2.05. The number of ketones is 1. The molecule has 0 aromatic heterocycles. The summed E-state index contributed by atoms with van der Waals surface area (Å²) in [7, 11) is 0. The highest BCUT2D eigenvalue weighted by Crippen LogP contribution is 2.27. The molecule has 0 fully saturated rings. The molecule has 0 N–H and O–H groups in total. The molecule has 0 heterocycles. The van der Waals surface area contributed by atoms with E-state index in [9.17, 15) is 9.18 Å². The van der Waals surface area contributed by atoms with E-state index in [1.54, 1.807) is 6.07 Å². The molecule has 1 aromatic carbocycles. The number of benzene rings is 1.